The summed E-state index contributed by atoms with van der Waals surface area (Å²) in [6.07, 6.45) is 4.28. The Bertz CT molecular complexity index is 871. The summed E-state index contributed by atoms with van der Waals surface area (Å²) < 4.78 is 5.29. The molecular weight excluding hydrogens is 388 g/mol. The van der Waals surface area contributed by atoms with Crippen molar-refractivity contribution in [2.45, 2.75) is 64.5 Å². The van der Waals surface area contributed by atoms with Crippen LogP contribution in [-0.2, 0) is 14.4 Å². The van der Waals surface area contributed by atoms with E-state index in [4.69, 9.17) is 9.57 Å². The molecule has 1 spiro atoms. The monoisotopic (exact) mass is 414 g/mol. The highest BCUT2D eigenvalue weighted by atomic mass is 16.7. The lowest BCUT2D eigenvalue weighted by atomic mass is 9.50. The summed E-state index contributed by atoms with van der Waals surface area (Å²) in [6, 6.07) is 5.29. The lowest BCUT2D eigenvalue weighted by Gasteiger charge is -2.55. The predicted molar refractivity (Wildman–Crippen MR) is 105 cm³/mol. The average Bonchev–Trinajstić information content (AvgIpc) is 2.82. The highest BCUT2D eigenvalue weighted by Crippen LogP contribution is 2.59. The molecule has 160 valence electrons. The third-order valence-corrected chi connectivity index (χ3v) is 6.14. The molecule has 1 heterocycles. The van der Waals surface area contributed by atoms with Crippen molar-refractivity contribution in [1.29, 1.82) is 0 Å². The second-order valence-electron chi connectivity index (χ2n) is 9.51. The van der Waals surface area contributed by atoms with Gasteiger partial charge in [-0.2, -0.15) is 0 Å². The molecular formula is C22H26N2O6. The summed E-state index contributed by atoms with van der Waals surface area (Å²) in [4.78, 5) is 55.5. The Balaban J connectivity index is 1.47. The number of imide groups is 1. The van der Waals surface area contributed by atoms with Gasteiger partial charge in [-0.15, -0.1) is 0 Å². The standard InChI is InChI=1S/C22H26N2O6/c1-21(2,3)29-20(28)23-16(13-11-22(12-13)9-6-10-22)19(27)30-24-17(25)14-7-4-5-8-15(14)18(24)26/h4-5,7-8,13,16H,6,9-12H2,1-3H3,(H,23,28). The van der Waals surface area contributed by atoms with Crippen molar-refractivity contribution in [3.05, 3.63) is 35.4 Å². The molecule has 4 rings (SSSR count). The number of nitrogens with zero attached hydrogens (tertiary/aromatic N) is 1. The van der Waals surface area contributed by atoms with E-state index in [1.54, 1.807) is 32.9 Å². The molecule has 0 bridgehead atoms. The molecule has 2 fully saturated rings. The van der Waals surface area contributed by atoms with E-state index >= 15 is 0 Å². The number of carbonyl (C=O) groups is 4. The molecule has 3 aliphatic rings. The first-order chi connectivity index (χ1) is 14.1. The lowest BCUT2D eigenvalue weighted by Crippen LogP contribution is -2.57. The number of fused-ring (bicyclic) bond motifs is 1. The zero-order valence-corrected chi connectivity index (χ0v) is 17.4. The fraction of sp³-hybridized carbons (Fsp3) is 0.545. The number of amides is 3. The molecule has 3 amide bonds. The van der Waals surface area contributed by atoms with Crippen LogP contribution >= 0.6 is 0 Å². The van der Waals surface area contributed by atoms with Gasteiger partial charge in [-0.05, 0) is 69.9 Å². The van der Waals surface area contributed by atoms with Gasteiger partial charge in [0.2, 0.25) is 0 Å². The molecule has 1 N–H and O–H groups in total. The highest BCUT2D eigenvalue weighted by Gasteiger charge is 2.53. The summed E-state index contributed by atoms with van der Waals surface area (Å²) in [5.41, 5.74) is -0.0995. The Morgan fingerprint density at radius 1 is 1.10 bits per heavy atom. The van der Waals surface area contributed by atoms with Crippen LogP contribution in [0.1, 0.15) is 73.6 Å². The van der Waals surface area contributed by atoms with Crippen LogP contribution in [0.15, 0.2) is 24.3 Å². The number of benzene rings is 1. The van der Waals surface area contributed by atoms with E-state index < -0.39 is 35.5 Å². The minimum absolute atomic E-state index is 0.125. The van der Waals surface area contributed by atoms with E-state index in [1.807, 2.05) is 0 Å². The summed E-state index contributed by atoms with van der Waals surface area (Å²) in [5.74, 6) is -2.34. The Morgan fingerprint density at radius 3 is 2.13 bits per heavy atom. The van der Waals surface area contributed by atoms with E-state index in [1.165, 1.54) is 18.6 Å². The number of hydrogen-bond donors (Lipinski definition) is 1. The van der Waals surface area contributed by atoms with Crippen molar-refractivity contribution in [2.75, 3.05) is 0 Å². The number of ether oxygens (including phenoxy) is 1. The van der Waals surface area contributed by atoms with Crippen LogP contribution in [0.3, 0.4) is 0 Å². The van der Waals surface area contributed by atoms with Gasteiger partial charge in [0.05, 0.1) is 11.1 Å². The van der Waals surface area contributed by atoms with Crippen molar-refractivity contribution < 1.29 is 28.8 Å². The molecule has 0 radical (unpaired) electrons. The van der Waals surface area contributed by atoms with Gasteiger partial charge in [0.25, 0.3) is 11.8 Å². The van der Waals surface area contributed by atoms with Crippen molar-refractivity contribution in [2.24, 2.45) is 11.3 Å². The number of carbonyl (C=O) groups excluding carboxylic acids is 4. The molecule has 0 aromatic heterocycles. The average molecular weight is 414 g/mol. The normalized spacial score (nSPS) is 20.8. The summed E-state index contributed by atoms with van der Waals surface area (Å²) >= 11 is 0. The van der Waals surface area contributed by atoms with Crippen molar-refractivity contribution in [3.63, 3.8) is 0 Å². The Labute approximate surface area is 174 Å². The van der Waals surface area contributed by atoms with Crippen LogP contribution in [0.4, 0.5) is 4.79 Å². The molecule has 2 aliphatic carbocycles. The molecule has 1 aromatic rings. The van der Waals surface area contributed by atoms with Gasteiger partial charge in [0.15, 0.2) is 0 Å². The van der Waals surface area contributed by atoms with Gasteiger partial charge in [-0.1, -0.05) is 23.6 Å². The molecule has 2 saturated carbocycles. The maximum Gasteiger partial charge on any atom is 0.408 e. The Morgan fingerprint density at radius 2 is 1.67 bits per heavy atom. The minimum atomic E-state index is -0.990. The molecule has 8 heteroatoms. The van der Waals surface area contributed by atoms with E-state index in [2.05, 4.69) is 5.32 Å². The maximum absolute atomic E-state index is 13.0. The number of hydrogen-bond acceptors (Lipinski definition) is 6. The predicted octanol–water partition coefficient (Wildman–Crippen LogP) is 3.21. The molecule has 1 unspecified atom stereocenters. The fourth-order valence-corrected chi connectivity index (χ4v) is 4.57. The van der Waals surface area contributed by atoms with Gasteiger partial charge >= 0.3 is 12.1 Å². The van der Waals surface area contributed by atoms with Crippen LogP contribution in [0, 0.1) is 11.3 Å². The summed E-state index contributed by atoms with van der Waals surface area (Å²) in [5, 5.41) is 3.08. The summed E-state index contributed by atoms with van der Waals surface area (Å²) in [6.45, 7) is 5.18. The number of alkyl carbamates (subject to hydrolysis) is 1. The van der Waals surface area contributed by atoms with Gasteiger partial charge in [0.1, 0.15) is 11.6 Å². The molecule has 1 atom stereocenters. The quantitative estimate of drug-likeness (QED) is 0.759. The number of rotatable bonds is 4. The third-order valence-electron chi connectivity index (χ3n) is 6.14. The topological polar surface area (TPSA) is 102 Å². The fourth-order valence-electron chi connectivity index (χ4n) is 4.57. The molecule has 0 saturated heterocycles. The first kappa shape index (κ1) is 20.4. The van der Waals surface area contributed by atoms with E-state index in [0.29, 0.717) is 5.06 Å². The van der Waals surface area contributed by atoms with Crippen LogP contribution < -0.4 is 5.32 Å². The number of nitrogens with one attached hydrogen (secondary N) is 1. The molecule has 1 aliphatic heterocycles. The first-order valence-corrected chi connectivity index (χ1v) is 10.3. The van der Waals surface area contributed by atoms with Crippen molar-refractivity contribution in [1.82, 2.24) is 10.4 Å². The molecule has 30 heavy (non-hydrogen) atoms. The van der Waals surface area contributed by atoms with Crippen LogP contribution in [0.25, 0.3) is 0 Å². The maximum atomic E-state index is 13.0. The van der Waals surface area contributed by atoms with E-state index in [-0.39, 0.29) is 22.5 Å². The van der Waals surface area contributed by atoms with Crippen LogP contribution in [0.2, 0.25) is 0 Å². The minimum Gasteiger partial charge on any atom is -0.444 e. The van der Waals surface area contributed by atoms with Gasteiger partial charge in [0, 0.05) is 0 Å². The Kier molecular flexibility index (Phi) is 4.83. The molecule has 1 aromatic carbocycles. The van der Waals surface area contributed by atoms with Crippen LogP contribution in [-0.4, -0.2) is 40.6 Å². The highest BCUT2D eigenvalue weighted by molar-refractivity contribution is 6.20. The smallest absolute Gasteiger partial charge is 0.408 e. The van der Waals surface area contributed by atoms with Crippen molar-refractivity contribution >= 4 is 23.9 Å². The largest absolute Gasteiger partial charge is 0.444 e. The third kappa shape index (κ3) is 3.66. The summed E-state index contributed by atoms with van der Waals surface area (Å²) in [7, 11) is 0. The second kappa shape index (κ2) is 7.11. The molecule has 8 nitrogen and oxygen atoms in total. The lowest BCUT2D eigenvalue weighted by molar-refractivity contribution is -0.176. The van der Waals surface area contributed by atoms with Crippen LogP contribution in [0.5, 0.6) is 0 Å². The SMILES string of the molecule is CC(C)(C)OC(=O)NC(C(=O)ON1C(=O)c2ccccc2C1=O)C1CC2(CCC2)C1. The number of hydroxylamine groups is 2. The van der Waals surface area contributed by atoms with E-state index in [9.17, 15) is 19.2 Å². The first-order valence-electron chi connectivity index (χ1n) is 10.3. The van der Waals surface area contributed by atoms with Crippen molar-refractivity contribution in [3.8, 4) is 0 Å². The zero-order valence-electron chi connectivity index (χ0n) is 17.4. The Hall–Kier alpha value is -2.90. The zero-order chi connectivity index (χ0) is 21.7. The van der Waals surface area contributed by atoms with Gasteiger partial charge < -0.3 is 14.9 Å². The van der Waals surface area contributed by atoms with Gasteiger partial charge in [-0.3, -0.25) is 9.59 Å². The van der Waals surface area contributed by atoms with E-state index in [0.717, 1.165) is 25.7 Å². The second-order valence-corrected chi connectivity index (χ2v) is 9.51. The van der Waals surface area contributed by atoms with Gasteiger partial charge in [-0.25, -0.2) is 9.59 Å².